The molecule has 0 radical (unpaired) electrons. The van der Waals surface area contributed by atoms with Gasteiger partial charge in [0.15, 0.2) is 0 Å². The lowest BCUT2D eigenvalue weighted by Crippen LogP contribution is -2.46. The van der Waals surface area contributed by atoms with Gasteiger partial charge in [0.05, 0.1) is 23.3 Å². The molecule has 10 heteroatoms. The van der Waals surface area contributed by atoms with Crippen LogP contribution in [0.3, 0.4) is 0 Å². The van der Waals surface area contributed by atoms with Crippen molar-refractivity contribution in [1.29, 1.82) is 0 Å². The summed E-state index contributed by atoms with van der Waals surface area (Å²) in [5, 5.41) is 23.1. The van der Waals surface area contributed by atoms with E-state index in [1.807, 2.05) is 4.90 Å². The van der Waals surface area contributed by atoms with Crippen LogP contribution in [0.2, 0.25) is 0 Å². The fourth-order valence-electron chi connectivity index (χ4n) is 3.30. The Hall–Kier alpha value is -2.98. The molecular weight excluding hydrogens is 401 g/mol. The number of rotatable bonds is 4. The lowest BCUT2D eigenvalue weighted by molar-refractivity contribution is -0.137. The molecule has 7 nitrogen and oxygen atoms in total. The molecule has 158 valence electrons. The largest absolute Gasteiger partial charge is 0.416 e. The first-order valence-electron chi connectivity index (χ1n) is 9.33. The van der Waals surface area contributed by atoms with Crippen molar-refractivity contribution in [2.24, 2.45) is 0 Å². The van der Waals surface area contributed by atoms with E-state index in [-0.39, 0.29) is 23.9 Å². The molecule has 0 atom stereocenters. The van der Waals surface area contributed by atoms with E-state index in [2.05, 4.69) is 15.1 Å². The van der Waals surface area contributed by atoms with Crippen molar-refractivity contribution in [3.8, 4) is 22.8 Å². The molecular formula is C20H19F3N4O3. The normalized spacial score (nSPS) is 16.6. The summed E-state index contributed by atoms with van der Waals surface area (Å²) in [4.78, 5) is 10.6. The molecule has 0 amide bonds. The van der Waals surface area contributed by atoms with Gasteiger partial charge in [-0.1, -0.05) is 17.3 Å². The molecule has 0 aliphatic carbocycles. The van der Waals surface area contributed by atoms with Crippen LogP contribution >= 0.6 is 0 Å². The fourth-order valence-corrected chi connectivity index (χ4v) is 3.30. The molecule has 4 rings (SSSR count). The van der Waals surface area contributed by atoms with Crippen molar-refractivity contribution in [3.05, 3.63) is 48.2 Å². The first-order valence-corrected chi connectivity index (χ1v) is 9.33. The van der Waals surface area contributed by atoms with E-state index in [0.29, 0.717) is 37.3 Å². The lowest BCUT2D eigenvalue weighted by atomic mass is 9.92. The molecule has 1 aliphatic rings. The van der Waals surface area contributed by atoms with Gasteiger partial charge >= 0.3 is 6.18 Å². The Balaban J connectivity index is 1.49. The van der Waals surface area contributed by atoms with Crippen molar-refractivity contribution in [2.75, 3.05) is 24.6 Å². The Kier molecular flexibility index (Phi) is 5.20. The molecule has 1 aromatic carbocycles. The molecule has 0 saturated carbocycles. The Morgan fingerprint density at radius 2 is 1.87 bits per heavy atom. The summed E-state index contributed by atoms with van der Waals surface area (Å²) in [7, 11) is 0. The van der Waals surface area contributed by atoms with Crippen LogP contribution in [0.4, 0.5) is 19.0 Å². The first-order chi connectivity index (χ1) is 14.3. The number of benzene rings is 1. The Morgan fingerprint density at radius 1 is 1.10 bits per heavy atom. The summed E-state index contributed by atoms with van der Waals surface area (Å²) < 4.78 is 43.9. The zero-order valence-corrected chi connectivity index (χ0v) is 15.8. The summed E-state index contributed by atoms with van der Waals surface area (Å²) in [5.74, 6) is 0.908. The van der Waals surface area contributed by atoms with Gasteiger partial charge < -0.3 is 19.6 Å². The van der Waals surface area contributed by atoms with Crippen LogP contribution in [0.15, 0.2) is 47.1 Å². The SMILES string of the molecule is OCC1(O)CCN(c2ccc(-c3nc(-c4cccc(C(F)(F)F)c4)no3)cn2)CC1. The second-order valence-corrected chi connectivity index (χ2v) is 7.28. The van der Waals surface area contributed by atoms with Crippen LogP contribution in [0.1, 0.15) is 18.4 Å². The predicted molar refractivity (Wildman–Crippen MR) is 101 cm³/mol. The second kappa shape index (κ2) is 7.69. The highest BCUT2D eigenvalue weighted by Crippen LogP contribution is 2.32. The van der Waals surface area contributed by atoms with Crippen molar-refractivity contribution in [3.63, 3.8) is 0 Å². The zero-order chi connectivity index (χ0) is 21.4. The molecule has 1 fully saturated rings. The molecule has 0 spiro atoms. The van der Waals surface area contributed by atoms with Crippen LogP contribution in [0, 0.1) is 0 Å². The smallest absolute Gasteiger partial charge is 0.393 e. The van der Waals surface area contributed by atoms with Gasteiger partial charge in [0.25, 0.3) is 5.89 Å². The van der Waals surface area contributed by atoms with Gasteiger partial charge in [0.2, 0.25) is 5.82 Å². The third kappa shape index (κ3) is 4.14. The number of piperidine rings is 1. The number of aliphatic hydroxyl groups excluding tert-OH is 1. The summed E-state index contributed by atoms with van der Waals surface area (Å²) in [6.45, 7) is 0.853. The van der Waals surface area contributed by atoms with E-state index >= 15 is 0 Å². The topological polar surface area (TPSA) is 95.5 Å². The van der Waals surface area contributed by atoms with Gasteiger partial charge in [-0.3, -0.25) is 0 Å². The minimum absolute atomic E-state index is 0.0551. The number of halogens is 3. The van der Waals surface area contributed by atoms with Gasteiger partial charge in [-0.2, -0.15) is 18.2 Å². The average Bonchev–Trinajstić information content (AvgIpc) is 3.24. The lowest BCUT2D eigenvalue weighted by Gasteiger charge is -2.37. The summed E-state index contributed by atoms with van der Waals surface area (Å²) >= 11 is 0. The number of aromatic nitrogens is 3. The highest BCUT2D eigenvalue weighted by molar-refractivity contribution is 5.61. The number of hydrogen-bond donors (Lipinski definition) is 2. The monoisotopic (exact) mass is 420 g/mol. The van der Waals surface area contributed by atoms with E-state index in [1.54, 1.807) is 18.3 Å². The number of nitrogens with zero attached hydrogens (tertiary/aromatic N) is 4. The third-order valence-electron chi connectivity index (χ3n) is 5.18. The molecule has 30 heavy (non-hydrogen) atoms. The van der Waals surface area contributed by atoms with Gasteiger partial charge in [0.1, 0.15) is 5.82 Å². The van der Waals surface area contributed by atoms with Gasteiger partial charge in [-0.25, -0.2) is 4.98 Å². The number of aliphatic hydroxyl groups is 2. The minimum Gasteiger partial charge on any atom is -0.393 e. The first kappa shape index (κ1) is 20.3. The molecule has 0 bridgehead atoms. The van der Waals surface area contributed by atoms with E-state index < -0.39 is 17.3 Å². The van der Waals surface area contributed by atoms with E-state index in [0.717, 1.165) is 12.1 Å². The number of hydrogen-bond acceptors (Lipinski definition) is 7. The molecule has 1 aliphatic heterocycles. The van der Waals surface area contributed by atoms with E-state index in [1.165, 1.54) is 12.1 Å². The molecule has 2 N–H and O–H groups in total. The Morgan fingerprint density at radius 3 is 2.50 bits per heavy atom. The van der Waals surface area contributed by atoms with Gasteiger partial charge in [-0.05, 0) is 37.1 Å². The van der Waals surface area contributed by atoms with Crippen LogP contribution in [-0.2, 0) is 6.18 Å². The quantitative estimate of drug-likeness (QED) is 0.670. The van der Waals surface area contributed by atoms with Crippen LogP contribution in [0.5, 0.6) is 0 Å². The Labute approximate surface area is 169 Å². The minimum atomic E-state index is -4.45. The molecule has 3 heterocycles. The second-order valence-electron chi connectivity index (χ2n) is 7.28. The standard InChI is InChI=1S/C20H19F3N4O3/c21-20(22,23)15-3-1-2-13(10-15)17-25-18(30-26-17)14-4-5-16(24-11-14)27-8-6-19(29,12-28)7-9-27/h1-5,10-11,28-29H,6-9,12H2. The number of anilines is 1. The molecule has 2 aromatic heterocycles. The summed E-state index contributed by atoms with van der Waals surface area (Å²) in [5.41, 5.74) is -1.09. The Bertz CT molecular complexity index is 1010. The summed E-state index contributed by atoms with van der Waals surface area (Å²) in [6, 6.07) is 8.23. The van der Waals surface area contributed by atoms with E-state index in [4.69, 9.17) is 4.52 Å². The maximum absolute atomic E-state index is 12.9. The molecule has 0 unspecified atom stereocenters. The van der Waals surface area contributed by atoms with Crippen molar-refractivity contribution in [2.45, 2.75) is 24.6 Å². The average molecular weight is 420 g/mol. The summed E-state index contributed by atoms with van der Waals surface area (Å²) in [6.07, 6.45) is -2.02. The van der Waals surface area contributed by atoms with Crippen molar-refractivity contribution in [1.82, 2.24) is 15.1 Å². The van der Waals surface area contributed by atoms with Gasteiger partial charge in [0, 0.05) is 24.8 Å². The maximum atomic E-state index is 12.9. The highest BCUT2D eigenvalue weighted by Gasteiger charge is 2.32. The molecule has 3 aromatic rings. The number of pyridine rings is 1. The fraction of sp³-hybridized carbons (Fsp3) is 0.350. The third-order valence-corrected chi connectivity index (χ3v) is 5.18. The van der Waals surface area contributed by atoms with E-state index in [9.17, 15) is 23.4 Å². The van der Waals surface area contributed by atoms with Crippen LogP contribution in [-0.4, -0.2) is 50.6 Å². The van der Waals surface area contributed by atoms with Crippen LogP contribution < -0.4 is 4.90 Å². The highest BCUT2D eigenvalue weighted by atomic mass is 19.4. The van der Waals surface area contributed by atoms with Crippen molar-refractivity contribution < 1.29 is 27.9 Å². The number of alkyl halides is 3. The maximum Gasteiger partial charge on any atom is 0.416 e. The molecule has 1 saturated heterocycles. The zero-order valence-electron chi connectivity index (χ0n) is 15.8. The predicted octanol–water partition coefficient (Wildman–Crippen LogP) is 3.14. The van der Waals surface area contributed by atoms with Crippen molar-refractivity contribution >= 4 is 5.82 Å². The van der Waals surface area contributed by atoms with Crippen LogP contribution in [0.25, 0.3) is 22.8 Å². The van der Waals surface area contributed by atoms with Gasteiger partial charge in [-0.15, -0.1) is 0 Å².